The number of ether oxygens (including phenoxy) is 1. The maximum Gasteiger partial charge on any atom is 0.225 e. The van der Waals surface area contributed by atoms with Gasteiger partial charge in [0, 0.05) is 25.5 Å². The van der Waals surface area contributed by atoms with Gasteiger partial charge in [-0.25, -0.2) is 4.98 Å². The summed E-state index contributed by atoms with van der Waals surface area (Å²) in [4.78, 5) is 18.3. The summed E-state index contributed by atoms with van der Waals surface area (Å²) in [5.74, 6) is 1.15. The normalized spacial score (nSPS) is 19.9. The van der Waals surface area contributed by atoms with Crippen LogP contribution in [0.3, 0.4) is 0 Å². The van der Waals surface area contributed by atoms with Crippen LogP contribution in [0.1, 0.15) is 25.1 Å². The highest BCUT2D eigenvalue weighted by molar-refractivity contribution is 5.76. The van der Waals surface area contributed by atoms with Gasteiger partial charge >= 0.3 is 0 Å². The van der Waals surface area contributed by atoms with Crippen molar-refractivity contribution in [3.05, 3.63) is 18.2 Å². The standard InChI is InChI=1S/C14H22N4O2/c19-14(3-10-20-12-1-4-15-5-2-12)18-9-8-17-7-6-16-13(17)11-18/h6-7,12,15H,1-5,8-11H2. The minimum absolute atomic E-state index is 0.174. The van der Waals surface area contributed by atoms with Crippen LogP contribution in [0.5, 0.6) is 0 Å². The van der Waals surface area contributed by atoms with E-state index in [9.17, 15) is 4.79 Å². The Balaban J connectivity index is 1.41. The fourth-order valence-corrected chi connectivity index (χ4v) is 2.82. The van der Waals surface area contributed by atoms with Crippen molar-refractivity contribution in [2.45, 2.75) is 38.5 Å². The van der Waals surface area contributed by atoms with Crippen molar-refractivity contribution in [3.8, 4) is 0 Å². The lowest BCUT2D eigenvalue weighted by Gasteiger charge is -2.28. The van der Waals surface area contributed by atoms with Crippen molar-refractivity contribution in [2.75, 3.05) is 26.2 Å². The van der Waals surface area contributed by atoms with E-state index in [0.29, 0.717) is 25.7 Å². The van der Waals surface area contributed by atoms with Gasteiger partial charge in [0.05, 0.1) is 25.7 Å². The lowest BCUT2D eigenvalue weighted by molar-refractivity contribution is -0.134. The Labute approximate surface area is 119 Å². The van der Waals surface area contributed by atoms with Crippen LogP contribution in [0.4, 0.5) is 0 Å². The molecule has 0 bridgehead atoms. The molecular formula is C14H22N4O2. The summed E-state index contributed by atoms with van der Waals surface area (Å²) in [6.45, 7) is 4.82. The Morgan fingerprint density at radius 2 is 2.25 bits per heavy atom. The van der Waals surface area contributed by atoms with Crippen LogP contribution >= 0.6 is 0 Å². The SMILES string of the molecule is O=C(CCOC1CCNCC1)N1CCn2ccnc2C1. The molecule has 0 saturated carbocycles. The monoisotopic (exact) mass is 278 g/mol. The third-order valence-corrected chi connectivity index (χ3v) is 4.05. The van der Waals surface area contributed by atoms with Crippen LogP contribution < -0.4 is 5.32 Å². The number of hydrogen-bond acceptors (Lipinski definition) is 4. The molecule has 6 nitrogen and oxygen atoms in total. The van der Waals surface area contributed by atoms with Crippen molar-refractivity contribution in [3.63, 3.8) is 0 Å². The molecule has 0 unspecified atom stereocenters. The molecule has 110 valence electrons. The molecule has 2 aliphatic heterocycles. The van der Waals surface area contributed by atoms with E-state index in [2.05, 4.69) is 14.9 Å². The number of fused-ring (bicyclic) bond motifs is 1. The van der Waals surface area contributed by atoms with E-state index in [4.69, 9.17) is 4.74 Å². The minimum atomic E-state index is 0.174. The second-order valence-corrected chi connectivity index (χ2v) is 5.42. The summed E-state index contributed by atoms with van der Waals surface area (Å²) in [7, 11) is 0. The summed E-state index contributed by atoms with van der Waals surface area (Å²) < 4.78 is 7.90. The number of piperidine rings is 1. The molecule has 1 N–H and O–H groups in total. The van der Waals surface area contributed by atoms with Gasteiger partial charge in [0.25, 0.3) is 0 Å². The number of rotatable bonds is 4. The number of carbonyl (C=O) groups is 1. The molecular weight excluding hydrogens is 256 g/mol. The molecule has 0 aromatic carbocycles. The summed E-state index contributed by atoms with van der Waals surface area (Å²) >= 11 is 0. The van der Waals surface area contributed by atoms with Gasteiger partial charge in [-0.2, -0.15) is 0 Å². The number of hydrogen-bond donors (Lipinski definition) is 1. The first-order valence-electron chi connectivity index (χ1n) is 7.43. The Kier molecular flexibility index (Phi) is 4.32. The zero-order chi connectivity index (χ0) is 13.8. The third-order valence-electron chi connectivity index (χ3n) is 4.05. The predicted molar refractivity (Wildman–Crippen MR) is 74.1 cm³/mol. The van der Waals surface area contributed by atoms with Gasteiger partial charge in [-0.1, -0.05) is 0 Å². The number of nitrogens with zero attached hydrogens (tertiary/aromatic N) is 3. The van der Waals surface area contributed by atoms with E-state index >= 15 is 0 Å². The molecule has 0 spiro atoms. The quantitative estimate of drug-likeness (QED) is 0.865. The van der Waals surface area contributed by atoms with Crippen molar-refractivity contribution in [2.24, 2.45) is 0 Å². The van der Waals surface area contributed by atoms with Gasteiger partial charge in [0.15, 0.2) is 0 Å². The second-order valence-electron chi connectivity index (χ2n) is 5.42. The molecule has 1 aromatic rings. The first kappa shape index (κ1) is 13.6. The molecule has 3 rings (SSSR count). The molecule has 0 atom stereocenters. The van der Waals surface area contributed by atoms with Gasteiger partial charge in [-0.05, 0) is 25.9 Å². The Morgan fingerprint density at radius 1 is 1.40 bits per heavy atom. The van der Waals surface area contributed by atoms with Crippen molar-refractivity contribution >= 4 is 5.91 Å². The number of imidazole rings is 1. The van der Waals surface area contributed by atoms with Crippen molar-refractivity contribution in [1.82, 2.24) is 19.8 Å². The molecule has 1 fully saturated rings. The van der Waals surface area contributed by atoms with Gasteiger partial charge in [0.2, 0.25) is 5.91 Å². The van der Waals surface area contributed by atoms with E-state index in [1.807, 2.05) is 11.1 Å². The Bertz CT molecular complexity index is 454. The van der Waals surface area contributed by atoms with Crippen LogP contribution in [0.2, 0.25) is 0 Å². The summed E-state index contributed by atoms with van der Waals surface area (Å²) in [5.41, 5.74) is 0. The maximum atomic E-state index is 12.2. The van der Waals surface area contributed by atoms with Gasteiger partial charge in [-0.3, -0.25) is 4.79 Å². The fraction of sp³-hybridized carbons (Fsp3) is 0.714. The lowest BCUT2D eigenvalue weighted by atomic mass is 10.1. The highest BCUT2D eigenvalue weighted by Crippen LogP contribution is 2.12. The highest BCUT2D eigenvalue weighted by Gasteiger charge is 2.21. The van der Waals surface area contributed by atoms with E-state index in [1.54, 1.807) is 6.20 Å². The van der Waals surface area contributed by atoms with Gasteiger partial charge in [0.1, 0.15) is 5.82 Å². The number of nitrogens with one attached hydrogen (secondary N) is 1. The van der Waals surface area contributed by atoms with Crippen LogP contribution in [0.25, 0.3) is 0 Å². The molecule has 6 heteroatoms. The first-order chi connectivity index (χ1) is 9.83. The summed E-state index contributed by atoms with van der Waals surface area (Å²) in [6, 6.07) is 0. The van der Waals surface area contributed by atoms with Crippen LogP contribution in [0, 0.1) is 0 Å². The van der Waals surface area contributed by atoms with E-state index in [0.717, 1.165) is 44.8 Å². The van der Waals surface area contributed by atoms with E-state index < -0.39 is 0 Å². The van der Waals surface area contributed by atoms with Crippen LogP contribution in [0.15, 0.2) is 12.4 Å². The summed E-state index contributed by atoms with van der Waals surface area (Å²) in [5, 5.41) is 3.31. The van der Waals surface area contributed by atoms with Crippen LogP contribution in [-0.4, -0.2) is 52.7 Å². The molecule has 2 aliphatic rings. The molecule has 0 radical (unpaired) electrons. The predicted octanol–water partition coefficient (Wildman–Crippen LogP) is 0.384. The zero-order valence-electron chi connectivity index (χ0n) is 11.8. The third kappa shape index (κ3) is 3.19. The molecule has 0 aliphatic carbocycles. The number of amides is 1. The topological polar surface area (TPSA) is 59.4 Å². The minimum Gasteiger partial charge on any atom is -0.378 e. The van der Waals surface area contributed by atoms with Gasteiger partial charge < -0.3 is 19.5 Å². The maximum absolute atomic E-state index is 12.2. The Hall–Kier alpha value is -1.40. The smallest absolute Gasteiger partial charge is 0.225 e. The molecule has 20 heavy (non-hydrogen) atoms. The molecule has 3 heterocycles. The zero-order valence-corrected chi connectivity index (χ0v) is 11.8. The van der Waals surface area contributed by atoms with Crippen LogP contribution in [-0.2, 0) is 22.6 Å². The average Bonchev–Trinajstić information content (AvgIpc) is 2.95. The fourth-order valence-electron chi connectivity index (χ4n) is 2.82. The number of aromatic nitrogens is 2. The second kappa shape index (κ2) is 6.37. The van der Waals surface area contributed by atoms with E-state index in [-0.39, 0.29) is 5.91 Å². The Morgan fingerprint density at radius 3 is 3.10 bits per heavy atom. The first-order valence-corrected chi connectivity index (χ1v) is 7.43. The molecule has 1 aromatic heterocycles. The largest absolute Gasteiger partial charge is 0.378 e. The highest BCUT2D eigenvalue weighted by atomic mass is 16.5. The average molecular weight is 278 g/mol. The molecule has 1 amide bonds. The lowest BCUT2D eigenvalue weighted by Crippen LogP contribution is -2.39. The van der Waals surface area contributed by atoms with Crippen molar-refractivity contribution in [1.29, 1.82) is 0 Å². The summed E-state index contributed by atoms with van der Waals surface area (Å²) in [6.07, 6.45) is 6.67. The van der Waals surface area contributed by atoms with Gasteiger partial charge in [-0.15, -0.1) is 0 Å². The van der Waals surface area contributed by atoms with Crippen molar-refractivity contribution < 1.29 is 9.53 Å². The molecule has 1 saturated heterocycles. The van der Waals surface area contributed by atoms with E-state index in [1.165, 1.54) is 0 Å². The number of carbonyl (C=O) groups excluding carboxylic acids is 1.